The summed E-state index contributed by atoms with van der Waals surface area (Å²) in [6.45, 7) is 5.97. The van der Waals surface area contributed by atoms with Crippen molar-refractivity contribution < 1.29 is 14.3 Å². The topological polar surface area (TPSA) is 100 Å². The number of carbonyl (C=O) groups excluding carboxylic acids is 1. The molecule has 0 saturated carbocycles. The summed E-state index contributed by atoms with van der Waals surface area (Å²) in [6.07, 6.45) is 4.72. The third kappa shape index (κ3) is 3.50. The predicted molar refractivity (Wildman–Crippen MR) is 114 cm³/mol. The van der Waals surface area contributed by atoms with E-state index in [9.17, 15) is 4.79 Å². The molecule has 3 aromatic heterocycles. The van der Waals surface area contributed by atoms with Crippen molar-refractivity contribution in [1.82, 2.24) is 15.0 Å². The lowest BCUT2D eigenvalue weighted by molar-refractivity contribution is 0.0234. The van der Waals surface area contributed by atoms with Crippen molar-refractivity contribution in [1.29, 1.82) is 0 Å². The fourth-order valence-corrected chi connectivity index (χ4v) is 3.83. The number of carbonyl (C=O) groups is 1. The van der Waals surface area contributed by atoms with Crippen molar-refractivity contribution in [2.24, 2.45) is 5.73 Å². The second-order valence-electron chi connectivity index (χ2n) is 7.77. The number of rotatable bonds is 5. The van der Waals surface area contributed by atoms with Crippen LogP contribution >= 0.6 is 0 Å². The van der Waals surface area contributed by atoms with E-state index in [-0.39, 0.29) is 24.0 Å². The number of nitrogens with zero attached hydrogens (tertiary/aromatic N) is 3. The Balaban J connectivity index is 1.73. The fourth-order valence-electron chi connectivity index (χ4n) is 3.83. The van der Waals surface area contributed by atoms with Gasteiger partial charge in [0.05, 0.1) is 23.8 Å². The molecule has 0 fully saturated rings. The van der Waals surface area contributed by atoms with Crippen LogP contribution in [0.1, 0.15) is 72.2 Å². The monoisotopic (exact) mass is 406 g/mol. The molecule has 2 N–H and O–H groups in total. The zero-order valence-electron chi connectivity index (χ0n) is 17.7. The quantitative estimate of drug-likeness (QED) is 0.645. The maximum absolute atomic E-state index is 12.1. The Morgan fingerprint density at radius 2 is 1.97 bits per heavy atom. The van der Waals surface area contributed by atoms with E-state index >= 15 is 0 Å². The molecule has 0 unspecified atom stereocenters. The molecular formula is C23H26N4O3. The van der Waals surface area contributed by atoms with Gasteiger partial charge in [0, 0.05) is 42.2 Å². The molecule has 0 amide bonds. The van der Waals surface area contributed by atoms with Gasteiger partial charge in [-0.1, -0.05) is 13.8 Å². The summed E-state index contributed by atoms with van der Waals surface area (Å²) in [5, 5.41) is 1.83. The largest absolute Gasteiger partial charge is 0.481 e. The van der Waals surface area contributed by atoms with Crippen molar-refractivity contribution in [2.45, 2.75) is 51.7 Å². The molecule has 0 bridgehead atoms. The first-order chi connectivity index (χ1) is 14.4. The number of hydrogen-bond donors (Lipinski definition) is 1. The first-order valence-electron chi connectivity index (χ1n) is 10.2. The number of esters is 1. The normalized spacial score (nSPS) is 19.3. The Bertz CT molecular complexity index is 1120. The van der Waals surface area contributed by atoms with Crippen LogP contribution in [0.2, 0.25) is 0 Å². The van der Waals surface area contributed by atoms with Gasteiger partial charge in [0.25, 0.3) is 0 Å². The van der Waals surface area contributed by atoms with Gasteiger partial charge >= 0.3 is 5.97 Å². The van der Waals surface area contributed by atoms with Crippen LogP contribution in [0, 0.1) is 0 Å². The average molecular weight is 406 g/mol. The third-order valence-corrected chi connectivity index (χ3v) is 5.85. The zero-order chi connectivity index (χ0) is 21.4. The van der Waals surface area contributed by atoms with E-state index < -0.39 is 0 Å². The van der Waals surface area contributed by atoms with Crippen molar-refractivity contribution in [2.75, 3.05) is 7.11 Å². The SMILES string of the molecule is CC[C@@H](N)c1cnc(OC)c2cnc(Cc3ccc4c(n3)[C@@H](C)[C@H](C)OC4=O)cc12. The van der Waals surface area contributed by atoms with E-state index in [1.165, 1.54) is 0 Å². The molecule has 30 heavy (non-hydrogen) atoms. The molecule has 3 aromatic rings. The summed E-state index contributed by atoms with van der Waals surface area (Å²) in [4.78, 5) is 25.9. The molecule has 1 aliphatic heterocycles. The van der Waals surface area contributed by atoms with Gasteiger partial charge in [0.2, 0.25) is 5.88 Å². The first-order valence-corrected chi connectivity index (χ1v) is 10.2. The van der Waals surface area contributed by atoms with Gasteiger partial charge < -0.3 is 15.2 Å². The second kappa shape index (κ2) is 7.99. The Hall–Kier alpha value is -3.06. The van der Waals surface area contributed by atoms with Crippen LogP contribution in [-0.2, 0) is 11.2 Å². The highest BCUT2D eigenvalue weighted by atomic mass is 16.5. The molecule has 4 rings (SSSR count). The molecule has 156 valence electrons. The molecule has 7 nitrogen and oxygen atoms in total. The Labute approximate surface area is 175 Å². The average Bonchev–Trinajstić information content (AvgIpc) is 2.76. The second-order valence-corrected chi connectivity index (χ2v) is 7.77. The lowest BCUT2D eigenvalue weighted by Crippen LogP contribution is -2.29. The van der Waals surface area contributed by atoms with Crippen molar-refractivity contribution >= 4 is 16.7 Å². The van der Waals surface area contributed by atoms with Crippen LogP contribution in [0.5, 0.6) is 5.88 Å². The summed E-state index contributed by atoms with van der Waals surface area (Å²) in [5.74, 6) is 0.271. The van der Waals surface area contributed by atoms with Crippen LogP contribution in [0.15, 0.2) is 30.6 Å². The van der Waals surface area contributed by atoms with Gasteiger partial charge in [0.15, 0.2) is 0 Å². The number of ether oxygens (including phenoxy) is 2. The maximum atomic E-state index is 12.1. The number of aromatic nitrogens is 3. The number of nitrogens with two attached hydrogens (primary N) is 1. The highest BCUT2D eigenvalue weighted by Crippen LogP contribution is 2.32. The minimum absolute atomic E-state index is 0.0479. The number of fused-ring (bicyclic) bond motifs is 2. The van der Waals surface area contributed by atoms with E-state index in [1.807, 2.05) is 32.9 Å². The molecule has 3 atom stereocenters. The van der Waals surface area contributed by atoms with Gasteiger partial charge in [0.1, 0.15) is 6.10 Å². The minimum atomic E-state index is -0.309. The van der Waals surface area contributed by atoms with Crippen molar-refractivity contribution in [3.8, 4) is 5.88 Å². The minimum Gasteiger partial charge on any atom is -0.481 e. The summed E-state index contributed by atoms with van der Waals surface area (Å²) < 4.78 is 10.8. The number of hydrogen-bond acceptors (Lipinski definition) is 7. The number of methoxy groups -OCH3 is 1. The molecule has 0 aliphatic carbocycles. The van der Waals surface area contributed by atoms with Crippen LogP contribution in [0.25, 0.3) is 10.8 Å². The molecule has 1 aliphatic rings. The van der Waals surface area contributed by atoms with Gasteiger partial charge in [-0.3, -0.25) is 9.97 Å². The van der Waals surface area contributed by atoms with Crippen LogP contribution in [-0.4, -0.2) is 34.1 Å². The van der Waals surface area contributed by atoms with Gasteiger partial charge in [-0.15, -0.1) is 0 Å². The Morgan fingerprint density at radius 3 is 2.70 bits per heavy atom. The van der Waals surface area contributed by atoms with Crippen LogP contribution < -0.4 is 10.5 Å². The molecular weight excluding hydrogens is 380 g/mol. The van der Waals surface area contributed by atoms with E-state index in [2.05, 4.69) is 9.97 Å². The maximum Gasteiger partial charge on any atom is 0.340 e. The molecule has 0 aromatic carbocycles. The van der Waals surface area contributed by atoms with Crippen LogP contribution in [0.3, 0.4) is 0 Å². The molecule has 0 radical (unpaired) electrons. The zero-order valence-corrected chi connectivity index (χ0v) is 17.7. The Kier molecular flexibility index (Phi) is 5.39. The van der Waals surface area contributed by atoms with Gasteiger partial charge in [-0.2, -0.15) is 0 Å². The third-order valence-electron chi connectivity index (χ3n) is 5.85. The standard InChI is InChI=1S/C23H26N4O3/c1-5-20(24)18-10-26-22(29-4)19-11-25-15(9-17(18)19)8-14-6-7-16-21(27-14)12(2)13(3)30-23(16)28/h6-7,9-13,20H,5,8,24H2,1-4H3/t12-,13-,20+/m0/s1. The highest BCUT2D eigenvalue weighted by Gasteiger charge is 2.31. The summed E-state index contributed by atoms with van der Waals surface area (Å²) >= 11 is 0. The fraction of sp³-hybridized carbons (Fsp3) is 0.391. The lowest BCUT2D eigenvalue weighted by atomic mass is 9.93. The van der Waals surface area contributed by atoms with Gasteiger partial charge in [-0.05, 0) is 42.5 Å². The molecule has 4 heterocycles. The predicted octanol–water partition coefficient (Wildman–Crippen LogP) is 3.70. The Morgan fingerprint density at radius 1 is 1.17 bits per heavy atom. The summed E-state index contributed by atoms with van der Waals surface area (Å²) in [5.41, 5.74) is 10.3. The lowest BCUT2D eigenvalue weighted by Gasteiger charge is -2.27. The van der Waals surface area contributed by atoms with Crippen LogP contribution in [0.4, 0.5) is 0 Å². The first kappa shape index (κ1) is 20.2. The van der Waals surface area contributed by atoms with E-state index in [0.29, 0.717) is 17.9 Å². The van der Waals surface area contributed by atoms with Gasteiger partial charge in [-0.25, -0.2) is 9.78 Å². The van der Waals surface area contributed by atoms with Crippen molar-refractivity contribution in [3.63, 3.8) is 0 Å². The van der Waals surface area contributed by atoms with E-state index in [1.54, 1.807) is 25.6 Å². The van der Waals surface area contributed by atoms with E-state index in [0.717, 1.165) is 39.8 Å². The number of pyridine rings is 3. The number of cyclic esters (lactones) is 1. The van der Waals surface area contributed by atoms with E-state index in [4.69, 9.17) is 20.2 Å². The summed E-state index contributed by atoms with van der Waals surface area (Å²) in [6, 6.07) is 5.58. The highest BCUT2D eigenvalue weighted by molar-refractivity contribution is 5.92. The molecule has 0 saturated heterocycles. The van der Waals surface area contributed by atoms with Crippen molar-refractivity contribution in [3.05, 3.63) is 58.8 Å². The molecule has 7 heteroatoms. The smallest absolute Gasteiger partial charge is 0.340 e. The summed E-state index contributed by atoms with van der Waals surface area (Å²) in [7, 11) is 1.60. The molecule has 0 spiro atoms.